The fraction of sp³-hybridized carbons (Fsp3) is 0.111. The first-order valence-corrected chi connectivity index (χ1v) is 7.54. The highest BCUT2D eigenvalue weighted by Gasteiger charge is 2.17. The first-order chi connectivity index (χ1) is 11.0. The summed E-state index contributed by atoms with van der Waals surface area (Å²) in [5.41, 5.74) is 3.32. The molecular weight excluding hydrogens is 312 g/mol. The minimum absolute atomic E-state index is 0.00927. The van der Waals surface area contributed by atoms with Crippen LogP contribution in [0.15, 0.2) is 42.5 Å². The van der Waals surface area contributed by atoms with E-state index in [2.05, 4.69) is 10.3 Å². The van der Waals surface area contributed by atoms with E-state index >= 15 is 0 Å². The average Bonchev–Trinajstić information content (AvgIpc) is 2.85. The molecule has 2 N–H and O–H groups in total. The van der Waals surface area contributed by atoms with Gasteiger partial charge in [0.15, 0.2) is 5.78 Å². The number of nitrogens with one attached hydrogen (secondary N) is 2. The molecular formula is C18H15ClN2O2. The van der Waals surface area contributed by atoms with Gasteiger partial charge in [0.2, 0.25) is 0 Å². The summed E-state index contributed by atoms with van der Waals surface area (Å²) in [5.74, 6) is -0.225. The number of halogens is 1. The number of hydrogen-bond acceptors (Lipinski definition) is 2. The molecule has 2 aromatic carbocycles. The Balaban J connectivity index is 1.93. The van der Waals surface area contributed by atoms with Crippen molar-refractivity contribution in [1.29, 1.82) is 0 Å². The molecule has 1 heterocycles. The Hall–Kier alpha value is -2.59. The Morgan fingerprint density at radius 3 is 2.43 bits per heavy atom. The van der Waals surface area contributed by atoms with Gasteiger partial charge in [-0.1, -0.05) is 23.7 Å². The molecule has 0 radical (unpaired) electrons. The van der Waals surface area contributed by atoms with Crippen LogP contribution in [0.2, 0.25) is 5.02 Å². The highest BCUT2D eigenvalue weighted by Crippen LogP contribution is 2.28. The number of aryl methyl sites for hydroxylation is 1. The third-order valence-electron chi connectivity index (χ3n) is 3.75. The molecule has 0 fully saturated rings. The molecule has 1 amide bonds. The van der Waals surface area contributed by atoms with Gasteiger partial charge in [0.25, 0.3) is 5.91 Å². The quantitative estimate of drug-likeness (QED) is 0.692. The van der Waals surface area contributed by atoms with Gasteiger partial charge in [-0.2, -0.15) is 0 Å². The van der Waals surface area contributed by atoms with E-state index in [1.165, 1.54) is 6.92 Å². The Morgan fingerprint density at radius 1 is 1.09 bits per heavy atom. The third kappa shape index (κ3) is 2.85. The SMILES string of the molecule is CC(=O)c1ccc(NC(=O)c2c(C)[nH]c3c(Cl)cccc23)cc1. The Bertz CT molecular complexity index is 911. The number of hydrogen-bond donors (Lipinski definition) is 2. The van der Waals surface area contributed by atoms with E-state index in [1.807, 2.05) is 19.1 Å². The monoisotopic (exact) mass is 326 g/mol. The highest BCUT2D eigenvalue weighted by atomic mass is 35.5. The lowest BCUT2D eigenvalue weighted by Gasteiger charge is -2.06. The lowest BCUT2D eigenvalue weighted by atomic mass is 10.1. The minimum Gasteiger partial charge on any atom is -0.357 e. The summed E-state index contributed by atoms with van der Waals surface area (Å²) < 4.78 is 0. The predicted octanol–water partition coefficient (Wildman–Crippen LogP) is 4.58. The highest BCUT2D eigenvalue weighted by molar-refractivity contribution is 6.35. The summed E-state index contributed by atoms with van der Waals surface area (Å²) in [5, 5.41) is 4.21. The number of benzene rings is 2. The summed E-state index contributed by atoms with van der Waals surface area (Å²) in [7, 11) is 0. The zero-order valence-electron chi connectivity index (χ0n) is 12.7. The summed E-state index contributed by atoms with van der Waals surface area (Å²) in [6.07, 6.45) is 0. The van der Waals surface area contributed by atoms with Crippen LogP contribution in [0, 0.1) is 6.92 Å². The molecule has 0 aliphatic rings. The predicted molar refractivity (Wildman–Crippen MR) is 92.4 cm³/mol. The molecule has 0 unspecified atom stereocenters. The Kier molecular flexibility index (Phi) is 3.92. The lowest BCUT2D eigenvalue weighted by Crippen LogP contribution is -2.12. The maximum atomic E-state index is 12.6. The molecule has 23 heavy (non-hydrogen) atoms. The van der Waals surface area contributed by atoms with Crippen molar-refractivity contribution < 1.29 is 9.59 Å². The number of H-pyrrole nitrogens is 1. The van der Waals surface area contributed by atoms with Gasteiger partial charge >= 0.3 is 0 Å². The summed E-state index contributed by atoms with van der Waals surface area (Å²) in [4.78, 5) is 27.0. The first kappa shape index (κ1) is 15.3. The van der Waals surface area contributed by atoms with E-state index in [-0.39, 0.29) is 11.7 Å². The van der Waals surface area contributed by atoms with Gasteiger partial charge in [-0.15, -0.1) is 0 Å². The second-order valence-electron chi connectivity index (χ2n) is 5.38. The standard InChI is InChI=1S/C18H15ClN2O2/c1-10-16(14-4-3-5-15(19)17(14)20-10)18(23)21-13-8-6-12(7-9-13)11(2)22/h3-9,20H,1-2H3,(H,21,23). The van der Waals surface area contributed by atoms with Crippen LogP contribution in [-0.2, 0) is 0 Å². The van der Waals surface area contributed by atoms with Crippen LogP contribution in [0.3, 0.4) is 0 Å². The molecule has 0 spiro atoms. The van der Waals surface area contributed by atoms with Crippen LogP contribution >= 0.6 is 11.6 Å². The molecule has 0 aliphatic carbocycles. The Labute approximate surface area is 138 Å². The van der Waals surface area contributed by atoms with E-state index in [9.17, 15) is 9.59 Å². The van der Waals surface area contributed by atoms with E-state index in [1.54, 1.807) is 30.3 Å². The van der Waals surface area contributed by atoms with E-state index in [0.29, 0.717) is 21.8 Å². The van der Waals surface area contributed by atoms with Crippen molar-refractivity contribution >= 4 is 39.9 Å². The molecule has 3 rings (SSSR count). The molecule has 1 aromatic heterocycles. The average molecular weight is 327 g/mol. The topological polar surface area (TPSA) is 62.0 Å². The smallest absolute Gasteiger partial charge is 0.258 e. The number of aromatic nitrogens is 1. The summed E-state index contributed by atoms with van der Waals surface area (Å²) >= 11 is 6.16. The second-order valence-corrected chi connectivity index (χ2v) is 5.78. The fourth-order valence-corrected chi connectivity index (χ4v) is 2.81. The zero-order chi connectivity index (χ0) is 16.6. The van der Waals surface area contributed by atoms with Crippen molar-refractivity contribution in [3.8, 4) is 0 Å². The summed E-state index contributed by atoms with van der Waals surface area (Å²) in [6.45, 7) is 3.34. The summed E-state index contributed by atoms with van der Waals surface area (Å²) in [6, 6.07) is 12.3. The largest absolute Gasteiger partial charge is 0.357 e. The molecule has 5 heteroatoms. The number of carbonyl (C=O) groups excluding carboxylic acids is 2. The van der Waals surface area contributed by atoms with Gasteiger partial charge in [0, 0.05) is 22.3 Å². The van der Waals surface area contributed by atoms with Gasteiger partial charge in [-0.3, -0.25) is 9.59 Å². The molecule has 116 valence electrons. The Morgan fingerprint density at radius 2 is 1.78 bits per heavy atom. The molecule has 4 nitrogen and oxygen atoms in total. The van der Waals surface area contributed by atoms with Crippen LogP contribution in [0.5, 0.6) is 0 Å². The number of amides is 1. The van der Waals surface area contributed by atoms with Gasteiger partial charge in [0.05, 0.1) is 16.1 Å². The van der Waals surface area contributed by atoms with E-state index in [0.717, 1.165) is 16.6 Å². The number of aromatic amines is 1. The van der Waals surface area contributed by atoms with Crippen LogP contribution < -0.4 is 5.32 Å². The van der Waals surface area contributed by atoms with Crippen LogP contribution in [0.1, 0.15) is 33.3 Å². The number of fused-ring (bicyclic) bond motifs is 1. The van der Waals surface area contributed by atoms with Gasteiger partial charge in [0.1, 0.15) is 0 Å². The third-order valence-corrected chi connectivity index (χ3v) is 4.06. The molecule has 0 atom stereocenters. The number of para-hydroxylation sites is 1. The van der Waals surface area contributed by atoms with Crippen molar-refractivity contribution in [2.24, 2.45) is 0 Å². The zero-order valence-corrected chi connectivity index (χ0v) is 13.5. The van der Waals surface area contributed by atoms with Crippen molar-refractivity contribution in [2.75, 3.05) is 5.32 Å². The van der Waals surface area contributed by atoms with Crippen LogP contribution in [0.25, 0.3) is 10.9 Å². The van der Waals surface area contributed by atoms with Crippen molar-refractivity contribution in [3.63, 3.8) is 0 Å². The fourth-order valence-electron chi connectivity index (χ4n) is 2.59. The van der Waals surface area contributed by atoms with Gasteiger partial charge in [-0.05, 0) is 44.2 Å². The minimum atomic E-state index is -0.216. The molecule has 0 aliphatic heterocycles. The van der Waals surface area contributed by atoms with E-state index < -0.39 is 0 Å². The van der Waals surface area contributed by atoms with E-state index in [4.69, 9.17) is 11.6 Å². The molecule has 0 saturated heterocycles. The van der Waals surface area contributed by atoms with Crippen LogP contribution in [0.4, 0.5) is 5.69 Å². The number of rotatable bonds is 3. The van der Waals surface area contributed by atoms with Gasteiger partial charge < -0.3 is 10.3 Å². The number of Topliss-reactive ketones (excluding diaryl/α,β-unsaturated/α-hetero) is 1. The maximum Gasteiger partial charge on any atom is 0.258 e. The normalized spacial score (nSPS) is 10.7. The lowest BCUT2D eigenvalue weighted by molar-refractivity contribution is 0.101. The second kappa shape index (κ2) is 5.89. The molecule has 0 saturated carbocycles. The van der Waals surface area contributed by atoms with Crippen molar-refractivity contribution in [3.05, 3.63) is 64.3 Å². The number of anilines is 1. The first-order valence-electron chi connectivity index (χ1n) is 7.16. The van der Waals surface area contributed by atoms with Crippen LogP contribution in [-0.4, -0.2) is 16.7 Å². The molecule has 3 aromatic rings. The van der Waals surface area contributed by atoms with Gasteiger partial charge in [-0.25, -0.2) is 0 Å². The molecule has 0 bridgehead atoms. The van der Waals surface area contributed by atoms with Crippen molar-refractivity contribution in [2.45, 2.75) is 13.8 Å². The number of carbonyl (C=O) groups is 2. The van der Waals surface area contributed by atoms with Crippen molar-refractivity contribution in [1.82, 2.24) is 4.98 Å². The maximum absolute atomic E-state index is 12.6. The number of ketones is 1.